The topological polar surface area (TPSA) is 119 Å². The van der Waals surface area contributed by atoms with Crippen LogP contribution in [0.5, 0.6) is 0 Å². The minimum atomic E-state index is -3.47. The predicted octanol–water partition coefficient (Wildman–Crippen LogP) is 2.70. The molecule has 2 amide bonds. The van der Waals surface area contributed by atoms with Crippen LogP contribution in [-0.2, 0) is 21.4 Å². The minimum absolute atomic E-state index is 0.222. The summed E-state index contributed by atoms with van der Waals surface area (Å²) in [7, 11) is -3.47. The molecule has 158 valence electrons. The summed E-state index contributed by atoms with van der Waals surface area (Å²) in [6, 6.07) is 11.4. The van der Waals surface area contributed by atoms with E-state index in [9.17, 15) is 18.0 Å². The number of rotatable bonds is 7. The molecule has 2 N–H and O–H groups in total. The van der Waals surface area contributed by atoms with Gasteiger partial charge in [-0.2, -0.15) is 9.57 Å². The van der Waals surface area contributed by atoms with Gasteiger partial charge in [-0.25, -0.2) is 8.42 Å². The molecule has 1 fully saturated rings. The maximum absolute atomic E-state index is 12.7. The van der Waals surface area contributed by atoms with Crippen LogP contribution < -0.4 is 10.6 Å². The van der Waals surface area contributed by atoms with Crippen molar-refractivity contribution in [2.45, 2.75) is 36.4 Å². The van der Waals surface area contributed by atoms with E-state index in [4.69, 9.17) is 5.26 Å². The van der Waals surface area contributed by atoms with Crippen LogP contribution in [0.25, 0.3) is 0 Å². The first-order chi connectivity index (χ1) is 14.4. The van der Waals surface area contributed by atoms with Gasteiger partial charge < -0.3 is 10.6 Å². The summed E-state index contributed by atoms with van der Waals surface area (Å²) in [6.07, 6.45) is 2.59. The molecule has 0 saturated carbocycles. The fraction of sp³-hybridized carbons (Fsp3) is 0.350. The zero-order valence-electron chi connectivity index (χ0n) is 16.3. The fourth-order valence-electron chi connectivity index (χ4n) is 3.08. The first-order valence-corrected chi connectivity index (χ1v) is 11.8. The standard InChI is InChI=1S/C20H22N4O4S2/c21-11-10-18(25)23-16-6-4-15(5-7-16)20(26)22-14-17-8-9-19(29-17)30(27,28)24-12-2-1-3-13-24/h4-9H,1-3,10,12-14H2,(H,22,26)(H,23,25). The molecule has 0 radical (unpaired) electrons. The molecule has 3 rings (SSSR count). The molecule has 1 aliphatic heterocycles. The van der Waals surface area contributed by atoms with Gasteiger partial charge in [0.05, 0.1) is 12.6 Å². The average molecular weight is 447 g/mol. The highest BCUT2D eigenvalue weighted by Crippen LogP contribution is 2.27. The number of carbonyl (C=O) groups excluding carboxylic acids is 2. The number of sulfonamides is 1. The Bertz CT molecular complexity index is 1050. The number of anilines is 1. The van der Waals surface area contributed by atoms with Crippen molar-refractivity contribution in [3.63, 3.8) is 0 Å². The van der Waals surface area contributed by atoms with Crippen molar-refractivity contribution in [1.82, 2.24) is 9.62 Å². The van der Waals surface area contributed by atoms with Crippen LogP contribution in [0.4, 0.5) is 5.69 Å². The molecule has 8 nitrogen and oxygen atoms in total. The fourth-order valence-corrected chi connectivity index (χ4v) is 6.04. The lowest BCUT2D eigenvalue weighted by Crippen LogP contribution is -2.35. The van der Waals surface area contributed by atoms with E-state index < -0.39 is 15.9 Å². The summed E-state index contributed by atoms with van der Waals surface area (Å²) in [5, 5.41) is 13.8. The number of hydrogen-bond acceptors (Lipinski definition) is 6. The zero-order chi connectivity index (χ0) is 21.6. The van der Waals surface area contributed by atoms with E-state index in [2.05, 4.69) is 10.6 Å². The maximum Gasteiger partial charge on any atom is 0.252 e. The third-order valence-corrected chi connectivity index (χ3v) is 8.09. The van der Waals surface area contributed by atoms with Gasteiger partial charge >= 0.3 is 0 Å². The molecule has 30 heavy (non-hydrogen) atoms. The molecule has 0 aliphatic carbocycles. The van der Waals surface area contributed by atoms with Gasteiger partial charge in [0, 0.05) is 29.2 Å². The summed E-state index contributed by atoms with van der Waals surface area (Å²) >= 11 is 1.17. The van der Waals surface area contributed by atoms with Crippen molar-refractivity contribution in [2.24, 2.45) is 0 Å². The molecule has 0 unspecified atom stereocenters. The summed E-state index contributed by atoms with van der Waals surface area (Å²) < 4.78 is 27.2. The van der Waals surface area contributed by atoms with Crippen LogP contribution in [0.2, 0.25) is 0 Å². The molecule has 1 aromatic carbocycles. The van der Waals surface area contributed by atoms with Gasteiger partial charge in [0.15, 0.2) is 0 Å². The Balaban J connectivity index is 1.56. The zero-order valence-corrected chi connectivity index (χ0v) is 17.9. The van der Waals surface area contributed by atoms with Gasteiger partial charge in [0.1, 0.15) is 10.6 Å². The predicted molar refractivity (Wildman–Crippen MR) is 113 cm³/mol. The van der Waals surface area contributed by atoms with E-state index in [0.717, 1.165) is 24.1 Å². The van der Waals surface area contributed by atoms with Gasteiger partial charge in [-0.3, -0.25) is 9.59 Å². The molecular formula is C20H22N4O4S2. The molecule has 2 aromatic rings. The normalized spacial score (nSPS) is 14.6. The largest absolute Gasteiger partial charge is 0.347 e. The summed E-state index contributed by atoms with van der Waals surface area (Å²) in [5.41, 5.74) is 0.906. The molecule has 0 spiro atoms. The van der Waals surface area contributed by atoms with Crippen LogP contribution in [0.3, 0.4) is 0 Å². The van der Waals surface area contributed by atoms with Crippen molar-refractivity contribution in [2.75, 3.05) is 18.4 Å². The van der Waals surface area contributed by atoms with Crippen LogP contribution in [0, 0.1) is 11.3 Å². The summed E-state index contributed by atoms with van der Waals surface area (Å²) in [5.74, 6) is -0.721. The highest BCUT2D eigenvalue weighted by molar-refractivity contribution is 7.91. The Hall–Kier alpha value is -2.74. The highest BCUT2D eigenvalue weighted by atomic mass is 32.2. The first-order valence-electron chi connectivity index (χ1n) is 9.54. The van der Waals surface area contributed by atoms with Gasteiger partial charge in [0.2, 0.25) is 5.91 Å². The summed E-state index contributed by atoms with van der Waals surface area (Å²) in [4.78, 5) is 24.5. The third-order valence-electron chi connectivity index (χ3n) is 4.64. The SMILES string of the molecule is N#CCC(=O)Nc1ccc(C(=O)NCc2ccc(S(=O)(=O)N3CCCCC3)s2)cc1. The number of benzene rings is 1. The van der Waals surface area contributed by atoms with Crippen molar-refractivity contribution >= 4 is 38.9 Å². The smallest absolute Gasteiger partial charge is 0.252 e. The molecule has 1 aliphatic rings. The number of nitrogens with zero attached hydrogens (tertiary/aromatic N) is 2. The second kappa shape index (κ2) is 9.84. The van der Waals surface area contributed by atoms with E-state index in [0.29, 0.717) is 28.5 Å². The Morgan fingerprint density at radius 1 is 1.07 bits per heavy atom. The third kappa shape index (κ3) is 5.44. The van der Waals surface area contributed by atoms with Gasteiger partial charge in [-0.05, 0) is 49.2 Å². The average Bonchev–Trinajstić information content (AvgIpc) is 3.23. The van der Waals surface area contributed by atoms with E-state index in [-0.39, 0.29) is 18.9 Å². The van der Waals surface area contributed by atoms with Gasteiger partial charge in [-0.1, -0.05) is 6.42 Å². The molecule has 10 heteroatoms. The van der Waals surface area contributed by atoms with Crippen molar-refractivity contribution < 1.29 is 18.0 Å². The number of amides is 2. The minimum Gasteiger partial charge on any atom is -0.347 e. The van der Waals surface area contributed by atoms with E-state index >= 15 is 0 Å². The van der Waals surface area contributed by atoms with Crippen LogP contribution >= 0.6 is 11.3 Å². The number of hydrogen-bond donors (Lipinski definition) is 2. The molecule has 0 bridgehead atoms. The number of nitrogens with one attached hydrogen (secondary N) is 2. The molecular weight excluding hydrogens is 424 g/mol. The van der Waals surface area contributed by atoms with Crippen molar-refractivity contribution in [3.05, 3.63) is 46.8 Å². The molecule has 1 aromatic heterocycles. The Morgan fingerprint density at radius 2 is 1.77 bits per heavy atom. The van der Waals surface area contributed by atoms with E-state index in [1.165, 1.54) is 15.6 Å². The molecule has 2 heterocycles. The number of nitriles is 1. The second-order valence-electron chi connectivity index (χ2n) is 6.83. The monoisotopic (exact) mass is 446 g/mol. The summed E-state index contributed by atoms with van der Waals surface area (Å²) in [6.45, 7) is 1.33. The second-order valence-corrected chi connectivity index (χ2v) is 10.2. The van der Waals surface area contributed by atoms with Crippen molar-refractivity contribution in [1.29, 1.82) is 5.26 Å². The number of thiophene rings is 1. The lowest BCUT2D eigenvalue weighted by molar-refractivity contribution is -0.115. The van der Waals surface area contributed by atoms with Gasteiger partial charge in [0.25, 0.3) is 15.9 Å². The quantitative estimate of drug-likeness (QED) is 0.678. The number of carbonyl (C=O) groups is 2. The molecule has 1 saturated heterocycles. The van der Waals surface area contributed by atoms with Gasteiger partial charge in [-0.15, -0.1) is 11.3 Å². The molecule has 0 atom stereocenters. The number of piperidine rings is 1. The van der Waals surface area contributed by atoms with Crippen LogP contribution in [-0.4, -0.2) is 37.6 Å². The lowest BCUT2D eigenvalue weighted by atomic mass is 10.2. The maximum atomic E-state index is 12.7. The first kappa shape index (κ1) is 22.0. The van der Waals surface area contributed by atoms with Crippen LogP contribution in [0.1, 0.15) is 40.9 Å². The Kier molecular flexibility index (Phi) is 7.20. The lowest BCUT2D eigenvalue weighted by Gasteiger charge is -2.25. The van der Waals surface area contributed by atoms with Crippen LogP contribution in [0.15, 0.2) is 40.6 Å². The Morgan fingerprint density at radius 3 is 2.43 bits per heavy atom. The van der Waals surface area contributed by atoms with E-state index in [1.54, 1.807) is 42.5 Å². The Labute approximate surface area is 179 Å². The van der Waals surface area contributed by atoms with E-state index in [1.807, 2.05) is 0 Å². The highest BCUT2D eigenvalue weighted by Gasteiger charge is 2.27. The van der Waals surface area contributed by atoms with Crippen molar-refractivity contribution in [3.8, 4) is 6.07 Å².